The molecule has 0 radical (unpaired) electrons. The summed E-state index contributed by atoms with van der Waals surface area (Å²) in [5.41, 5.74) is 12.8. The zero-order valence-electron chi connectivity index (χ0n) is 32.1. The molecular weight excluding hydrogens is 737 g/mol. The van der Waals surface area contributed by atoms with Crippen molar-refractivity contribution < 1.29 is 8.83 Å². The first kappa shape index (κ1) is 33.9. The average Bonchev–Trinajstić information content (AvgIpc) is 3.91. The average molecular weight is 769 g/mol. The van der Waals surface area contributed by atoms with Gasteiger partial charge in [-0.25, -0.2) is 19.9 Å². The van der Waals surface area contributed by atoms with Crippen LogP contribution in [-0.2, 0) is 0 Å². The van der Waals surface area contributed by atoms with Crippen molar-refractivity contribution in [3.8, 4) is 67.7 Å². The van der Waals surface area contributed by atoms with Crippen molar-refractivity contribution in [1.82, 2.24) is 19.9 Å². The van der Waals surface area contributed by atoms with Crippen molar-refractivity contribution in [2.45, 2.75) is 0 Å². The molecule has 0 aliphatic carbocycles. The molecule has 0 aliphatic heterocycles. The van der Waals surface area contributed by atoms with Crippen LogP contribution in [0, 0.1) is 0 Å². The van der Waals surface area contributed by atoms with Gasteiger partial charge < -0.3 is 8.83 Å². The molecule has 8 aromatic carbocycles. The Kier molecular flexibility index (Phi) is 7.74. The second kappa shape index (κ2) is 13.7. The molecule has 6 heteroatoms. The lowest BCUT2D eigenvalue weighted by molar-refractivity contribution is 0.668. The van der Waals surface area contributed by atoms with Crippen LogP contribution in [0.2, 0.25) is 0 Å². The van der Waals surface area contributed by atoms with E-state index in [9.17, 15) is 0 Å². The predicted octanol–water partition coefficient (Wildman–Crippen LogP) is 14.2. The first-order valence-electron chi connectivity index (χ1n) is 20.0. The Morgan fingerprint density at radius 2 is 0.833 bits per heavy atom. The van der Waals surface area contributed by atoms with Crippen LogP contribution in [-0.4, -0.2) is 19.9 Å². The predicted molar refractivity (Wildman–Crippen MR) is 242 cm³/mol. The van der Waals surface area contributed by atoms with Gasteiger partial charge in [0.05, 0.1) is 5.52 Å². The van der Waals surface area contributed by atoms with Crippen molar-refractivity contribution in [2.24, 2.45) is 0 Å². The SMILES string of the molecule is c1ccc(-c2cccc(-c3cccc4c3nc(-c3cccc(-c5nc(-c6ccccc6)nc(-c6ccc7oc8ccccc8c7c6)n5)c3)c3oc5ccccc5c34)c2)cc1. The van der Waals surface area contributed by atoms with Gasteiger partial charge in [0.15, 0.2) is 23.1 Å². The Morgan fingerprint density at radius 3 is 1.62 bits per heavy atom. The lowest BCUT2D eigenvalue weighted by atomic mass is 9.95. The second-order valence-electron chi connectivity index (χ2n) is 15.0. The lowest BCUT2D eigenvalue weighted by Crippen LogP contribution is -2.00. The number of furan rings is 2. The molecule has 0 unspecified atom stereocenters. The number of pyridine rings is 1. The first-order valence-corrected chi connectivity index (χ1v) is 20.0. The van der Waals surface area contributed by atoms with E-state index in [2.05, 4.69) is 103 Å². The summed E-state index contributed by atoms with van der Waals surface area (Å²) in [4.78, 5) is 20.8. The minimum atomic E-state index is 0.554. The molecule has 12 aromatic rings. The summed E-state index contributed by atoms with van der Waals surface area (Å²) < 4.78 is 12.9. The van der Waals surface area contributed by atoms with Crippen LogP contribution in [0.25, 0.3) is 122 Å². The Bertz CT molecular complexity index is 3610. The van der Waals surface area contributed by atoms with E-state index in [1.165, 1.54) is 5.56 Å². The maximum atomic E-state index is 6.72. The molecule has 4 aromatic heterocycles. The number of benzene rings is 8. The van der Waals surface area contributed by atoms with Gasteiger partial charge in [-0.1, -0.05) is 152 Å². The summed E-state index contributed by atoms with van der Waals surface area (Å²) in [7, 11) is 0. The molecule has 280 valence electrons. The molecule has 12 rings (SSSR count). The third-order valence-corrected chi connectivity index (χ3v) is 11.3. The van der Waals surface area contributed by atoms with Gasteiger partial charge in [0.2, 0.25) is 0 Å². The van der Waals surface area contributed by atoms with E-state index in [1.54, 1.807) is 0 Å². The molecule has 4 heterocycles. The van der Waals surface area contributed by atoms with Gasteiger partial charge in [-0.2, -0.15) is 0 Å². The molecule has 6 nitrogen and oxygen atoms in total. The number of para-hydroxylation sites is 3. The van der Waals surface area contributed by atoms with E-state index >= 15 is 0 Å². The van der Waals surface area contributed by atoms with Gasteiger partial charge >= 0.3 is 0 Å². The number of nitrogens with zero attached hydrogens (tertiary/aromatic N) is 4. The summed E-state index contributed by atoms with van der Waals surface area (Å²) in [5.74, 6) is 1.71. The summed E-state index contributed by atoms with van der Waals surface area (Å²) >= 11 is 0. The quantitative estimate of drug-likeness (QED) is 0.168. The molecule has 0 amide bonds. The Balaban J connectivity index is 1.05. The van der Waals surface area contributed by atoms with Crippen LogP contribution in [0.1, 0.15) is 0 Å². The standard InChI is InChI=1S/C54H32N4O2/c1-3-14-33(15-4-1)35-18-11-19-36(30-35)40-24-13-25-43-48-42-23-8-10-27-46(42)60-51(48)49(55-50(40)43)37-20-12-21-38(31-37)53-56-52(34-16-5-2-6-17-34)57-54(58-53)39-28-29-47-44(32-39)41-22-7-9-26-45(41)59-47/h1-32H. The number of hydrogen-bond acceptors (Lipinski definition) is 6. The summed E-state index contributed by atoms with van der Waals surface area (Å²) in [6.07, 6.45) is 0. The van der Waals surface area contributed by atoms with Crippen LogP contribution in [0.3, 0.4) is 0 Å². The minimum Gasteiger partial charge on any atom is -0.456 e. The molecule has 0 N–H and O–H groups in total. The summed E-state index contributed by atoms with van der Waals surface area (Å²) in [6.45, 7) is 0. The van der Waals surface area contributed by atoms with Crippen LogP contribution in [0.15, 0.2) is 203 Å². The van der Waals surface area contributed by atoms with Gasteiger partial charge in [0.1, 0.15) is 22.4 Å². The fourth-order valence-electron chi connectivity index (χ4n) is 8.45. The van der Waals surface area contributed by atoms with Crippen LogP contribution in [0.4, 0.5) is 0 Å². The second-order valence-corrected chi connectivity index (χ2v) is 15.0. The topological polar surface area (TPSA) is 77.8 Å². The fourth-order valence-corrected chi connectivity index (χ4v) is 8.45. The number of rotatable bonds is 6. The zero-order valence-corrected chi connectivity index (χ0v) is 32.1. The highest BCUT2D eigenvalue weighted by Gasteiger charge is 2.21. The van der Waals surface area contributed by atoms with E-state index in [0.29, 0.717) is 17.5 Å². The molecule has 0 bridgehead atoms. The third kappa shape index (κ3) is 5.65. The third-order valence-electron chi connectivity index (χ3n) is 11.3. The van der Waals surface area contributed by atoms with Crippen LogP contribution < -0.4 is 0 Å². The van der Waals surface area contributed by atoms with Gasteiger partial charge in [-0.05, 0) is 59.2 Å². The molecule has 60 heavy (non-hydrogen) atoms. The van der Waals surface area contributed by atoms with E-state index in [1.807, 2.05) is 91.0 Å². The number of hydrogen-bond donors (Lipinski definition) is 0. The van der Waals surface area contributed by atoms with Crippen LogP contribution >= 0.6 is 0 Å². The monoisotopic (exact) mass is 768 g/mol. The van der Waals surface area contributed by atoms with Crippen molar-refractivity contribution in [2.75, 3.05) is 0 Å². The van der Waals surface area contributed by atoms with Crippen LogP contribution in [0.5, 0.6) is 0 Å². The van der Waals surface area contributed by atoms with Crippen molar-refractivity contribution >= 4 is 54.8 Å². The summed E-state index contributed by atoms with van der Waals surface area (Å²) in [5, 5.41) is 5.18. The van der Waals surface area contributed by atoms with Gasteiger partial charge in [-0.3, -0.25) is 0 Å². The number of aromatic nitrogens is 4. The molecule has 0 aliphatic rings. The molecule has 0 saturated heterocycles. The Hall–Kier alpha value is -8.22. The van der Waals surface area contributed by atoms with Crippen molar-refractivity contribution in [1.29, 1.82) is 0 Å². The van der Waals surface area contributed by atoms with Crippen molar-refractivity contribution in [3.63, 3.8) is 0 Å². The lowest BCUT2D eigenvalue weighted by Gasteiger charge is -2.13. The van der Waals surface area contributed by atoms with E-state index < -0.39 is 0 Å². The first-order chi connectivity index (χ1) is 29.7. The number of fused-ring (bicyclic) bond motifs is 8. The molecule has 0 fully saturated rings. The fraction of sp³-hybridized carbons (Fsp3) is 0. The van der Waals surface area contributed by atoms with E-state index in [-0.39, 0.29) is 0 Å². The van der Waals surface area contributed by atoms with Gasteiger partial charge in [-0.15, -0.1) is 0 Å². The smallest absolute Gasteiger partial charge is 0.164 e. The highest BCUT2D eigenvalue weighted by atomic mass is 16.3. The molecular formula is C54H32N4O2. The Labute approximate surface area is 344 Å². The molecule has 0 saturated carbocycles. The maximum Gasteiger partial charge on any atom is 0.164 e. The zero-order chi connectivity index (χ0) is 39.6. The van der Waals surface area contributed by atoms with Gasteiger partial charge in [0, 0.05) is 54.7 Å². The highest BCUT2D eigenvalue weighted by molar-refractivity contribution is 6.22. The van der Waals surface area contributed by atoms with Gasteiger partial charge in [0.25, 0.3) is 0 Å². The molecule has 0 spiro atoms. The minimum absolute atomic E-state index is 0.554. The van der Waals surface area contributed by atoms with E-state index in [4.69, 9.17) is 28.8 Å². The highest BCUT2D eigenvalue weighted by Crippen LogP contribution is 2.43. The summed E-state index contributed by atoms with van der Waals surface area (Å²) in [6, 6.07) is 66.3. The Morgan fingerprint density at radius 1 is 0.300 bits per heavy atom. The normalized spacial score (nSPS) is 11.7. The molecule has 0 atom stereocenters. The van der Waals surface area contributed by atoms with Crippen molar-refractivity contribution in [3.05, 3.63) is 194 Å². The van der Waals surface area contributed by atoms with E-state index in [0.717, 1.165) is 99.4 Å². The largest absolute Gasteiger partial charge is 0.456 e. The maximum absolute atomic E-state index is 6.72.